The van der Waals surface area contributed by atoms with Crippen molar-refractivity contribution < 1.29 is 107 Å². The molecule has 22 N–H and O–H groups in total. The first-order chi connectivity index (χ1) is 60.0. The molecule has 0 spiro atoms. The van der Waals surface area contributed by atoms with Crippen LogP contribution in [0.5, 0.6) is 0 Å². The molecule has 0 bridgehead atoms. The molecule has 15 atom stereocenters. The third-order valence-electron chi connectivity index (χ3n) is 23.1. The van der Waals surface area contributed by atoms with Gasteiger partial charge >= 0.3 is 0 Å². The number of benzene rings is 2. The number of primary amides is 2. The highest BCUT2D eigenvalue weighted by Gasteiger charge is 2.51. The monoisotopic (exact) mass is 1810 g/mol. The Labute approximate surface area is 751 Å². The maximum Gasteiger partial charge on any atom is 0.248 e. The van der Waals surface area contributed by atoms with Crippen molar-refractivity contribution >= 4 is 117 Å². The van der Waals surface area contributed by atoms with Crippen LogP contribution in [0.3, 0.4) is 0 Å². The van der Waals surface area contributed by atoms with Crippen molar-refractivity contribution in [1.29, 1.82) is 0 Å². The zero-order chi connectivity index (χ0) is 97.0. The number of fused-ring (bicyclic) bond motifs is 1. The fourth-order valence-electron chi connectivity index (χ4n) is 15.6. The number of carbonyl (C=O) groups is 18. The highest BCUT2D eigenvalue weighted by Crippen LogP contribution is 2.29. The maximum atomic E-state index is 14.8. The molecular formula is C88H135N19O22. The molecule has 13 unspecified atom stereocenters. The van der Waals surface area contributed by atoms with Gasteiger partial charge in [0, 0.05) is 75.8 Å². The number of hydrogen-bond donors (Lipinski definition) is 20. The first-order valence-corrected chi connectivity index (χ1v) is 43.7. The summed E-state index contributed by atoms with van der Waals surface area (Å²) in [5, 5.41) is 77.9. The predicted molar refractivity (Wildman–Crippen MR) is 471 cm³/mol. The van der Waals surface area contributed by atoms with E-state index in [9.17, 15) is 107 Å². The van der Waals surface area contributed by atoms with E-state index in [1.54, 1.807) is 33.9 Å². The van der Waals surface area contributed by atoms with E-state index in [2.05, 4.69) is 74.1 Å². The number of para-hydroxylation sites is 1. The Morgan fingerprint density at radius 1 is 0.481 bits per heavy atom. The van der Waals surface area contributed by atoms with Crippen molar-refractivity contribution in [3.63, 3.8) is 0 Å². The molecule has 0 saturated carbocycles. The van der Waals surface area contributed by atoms with Crippen LogP contribution >= 0.6 is 0 Å². The fourth-order valence-corrected chi connectivity index (χ4v) is 15.6. The number of amides is 18. The number of carbonyl (C=O) groups excluding carboxylic acids is 18. The molecule has 3 aromatic rings. The summed E-state index contributed by atoms with van der Waals surface area (Å²) in [5.74, 6) is -17.4. The first kappa shape index (κ1) is 106. The molecule has 3 aliphatic rings. The van der Waals surface area contributed by atoms with Crippen molar-refractivity contribution in [2.75, 3.05) is 26.2 Å². The molecule has 18 amide bonds. The quantitative estimate of drug-likeness (QED) is 0.0266. The molecule has 3 fully saturated rings. The molecule has 1 aromatic heterocycles. The van der Waals surface area contributed by atoms with Gasteiger partial charge < -0.3 is 121 Å². The lowest BCUT2D eigenvalue weighted by Crippen LogP contribution is -2.66. The summed E-state index contributed by atoms with van der Waals surface area (Å²) >= 11 is 0. The number of nitrogens with two attached hydrogens (primary N) is 2. The van der Waals surface area contributed by atoms with Crippen LogP contribution in [0.25, 0.3) is 10.9 Å². The van der Waals surface area contributed by atoms with Crippen molar-refractivity contribution in [1.82, 2.24) is 88.8 Å². The molecule has 6 rings (SSSR count). The number of aromatic amines is 1. The molecule has 41 nitrogen and oxygen atoms in total. The van der Waals surface area contributed by atoms with Gasteiger partial charge in [0.05, 0.1) is 31.0 Å². The van der Waals surface area contributed by atoms with Crippen LogP contribution in [0.4, 0.5) is 0 Å². The standard InChI is InChI=1S/C88H135N19O22/c1-19-47(6)67(97-69(115)60(92-49(8)110)38-51-41-91-56-29-24-23-28-55(51)56)77(123)95-58(32-34-65(90)114)70(116)100-85(11,12)80(126)99-66(46(4)5)76(122)98-68(48(7)109)78(124)104-84(9,10)79(125)96-59(36-45(2)3)72(118)102-88(17,18)82(128)106-42-53(111)39-62(106)74(120)94-57(31-33-64(89)113)71(117)101-87(15,16)83(129)107-43-54(112)40-63(107)75(121)103-86(13,14)81(127)105-35-25-30-61(105)73(119)93-52(44-108)37-50-26-21-20-22-27-50/h20-24,26-29,41,45-48,52-54,57-63,66-68,91,108-109,111-112H,19,25,30-40,42-44H2,1-18H3,(H2,89,113)(H2,90,114)(H,92,110)(H,93,119)(H,94,120)(H,95,123)(H,96,125)(H,97,115)(H,98,122)(H,99,126)(H,100,116)(H,101,117)(H,102,118)(H,103,121)(H,104,124)/t47?,48-,52?,53?,54?,57?,58?,59?,60?,61?,62?,63?,66?,67?,68+/m1/s1. The molecule has 0 aliphatic carbocycles. The van der Waals surface area contributed by atoms with Crippen molar-refractivity contribution in [3.8, 4) is 0 Å². The molecular weight excluding hydrogens is 1680 g/mol. The Morgan fingerprint density at radius 2 is 0.946 bits per heavy atom. The Bertz CT molecular complexity index is 4590. The van der Waals surface area contributed by atoms with E-state index in [4.69, 9.17) is 11.5 Å². The zero-order valence-electron chi connectivity index (χ0n) is 77.0. The minimum Gasteiger partial charge on any atom is -0.394 e. The van der Waals surface area contributed by atoms with Crippen LogP contribution in [0.1, 0.15) is 200 Å². The number of hydrogen-bond acceptors (Lipinski definition) is 22. The number of aliphatic hydroxyl groups is 4. The van der Waals surface area contributed by atoms with Crippen LogP contribution in [-0.4, -0.2) is 285 Å². The normalized spacial score (nSPS) is 19.0. The number of likely N-dealkylation sites (tertiary alicyclic amines) is 3. The van der Waals surface area contributed by atoms with E-state index in [1.165, 1.54) is 94.9 Å². The van der Waals surface area contributed by atoms with Gasteiger partial charge in [0.2, 0.25) is 106 Å². The fraction of sp³-hybridized carbons (Fsp3) is 0.636. The van der Waals surface area contributed by atoms with Gasteiger partial charge in [0.25, 0.3) is 0 Å². The average Bonchev–Trinajstić information content (AvgIpc) is 1.68. The summed E-state index contributed by atoms with van der Waals surface area (Å²) in [6, 6.07) is 1.46. The van der Waals surface area contributed by atoms with Gasteiger partial charge in [0.1, 0.15) is 88.1 Å². The largest absolute Gasteiger partial charge is 0.394 e. The molecule has 714 valence electrons. The molecule has 0 radical (unpaired) electrons. The zero-order valence-corrected chi connectivity index (χ0v) is 77.0. The van der Waals surface area contributed by atoms with Crippen LogP contribution in [-0.2, 0) is 99.1 Å². The number of aliphatic hydroxyl groups excluding tert-OH is 4. The van der Waals surface area contributed by atoms with Gasteiger partial charge in [-0.25, -0.2) is 0 Å². The van der Waals surface area contributed by atoms with Crippen LogP contribution in [0.2, 0.25) is 0 Å². The maximum absolute atomic E-state index is 14.8. The van der Waals surface area contributed by atoms with E-state index in [0.717, 1.165) is 33.2 Å². The van der Waals surface area contributed by atoms with Crippen molar-refractivity contribution in [3.05, 3.63) is 71.9 Å². The van der Waals surface area contributed by atoms with Crippen molar-refractivity contribution in [2.24, 2.45) is 29.2 Å². The number of rotatable bonds is 45. The van der Waals surface area contributed by atoms with Gasteiger partial charge in [-0.1, -0.05) is 96.5 Å². The summed E-state index contributed by atoms with van der Waals surface area (Å²) < 4.78 is 0. The Hall–Kier alpha value is -11.7. The van der Waals surface area contributed by atoms with Gasteiger partial charge in [-0.05, 0) is 150 Å². The SMILES string of the molecule is CCC(C)C(NC(=O)C(Cc1c[nH]c2ccccc12)NC(C)=O)C(=O)NC(CCC(N)=O)C(=O)NC(C)(C)C(=O)NC(C(=O)N[C@H](C(=O)NC(C)(C)C(=O)NC(CC(C)C)C(=O)NC(C)(C)C(=O)N1CC(O)CC1C(=O)NC(CCC(N)=O)C(=O)NC(C)(C)C(=O)N1CC(O)CC1C(=O)NC(C)(C)C(=O)N1CCCC1C(=O)NC(CO)Cc1ccccc1)[C@@H](C)O)C(C)C. The summed E-state index contributed by atoms with van der Waals surface area (Å²) in [7, 11) is 0. The van der Waals surface area contributed by atoms with Gasteiger partial charge in [-0.15, -0.1) is 0 Å². The minimum absolute atomic E-state index is 0.0314. The van der Waals surface area contributed by atoms with Crippen LogP contribution in [0.15, 0.2) is 60.8 Å². The first-order valence-electron chi connectivity index (χ1n) is 43.7. The smallest absolute Gasteiger partial charge is 0.248 e. The number of nitrogens with one attached hydrogen (secondary N) is 14. The van der Waals surface area contributed by atoms with E-state index in [0.29, 0.717) is 31.2 Å². The lowest BCUT2D eigenvalue weighted by atomic mass is 9.96. The second kappa shape index (κ2) is 45.5. The number of nitrogens with zero attached hydrogens (tertiary/aromatic N) is 3. The molecule has 4 heterocycles. The van der Waals surface area contributed by atoms with Crippen LogP contribution in [0, 0.1) is 17.8 Å². The lowest BCUT2D eigenvalue weighted by molar-refractivity contribution is -0.148. The van der Waals surface area contributed by atoms with E-state index in [-0.39, 0.29) is 44.8 Å². The lowest BCUT2D eigenvalue weighted by Gasteiger charge is -2.37. The third kappa shape index (κ3) is 29.4. The van der Waals surface area contributed by atoms with E-state index < -0.39 is 269 Å². The summed E-state index contributed by atoms with van der Waals surface area (Å²) in [6.07, 6.45) is -3.71. The molecule has 3 aliphatic heterocycles. The summed E-state index contributed by atoms with van der Waals surface area (Å²) in [4.78, 5) is 258. The Balaban J connectivity index is 1.07. The minimum atomic E-state index is -1.97. The number of aromatic nitrogens is 1. The topological polar surface area (TPSA) is 622 Å². The highest BCUT2D eigenvalue weighted by atomic mass is 16.3. The van der Waals surface area contributed by atoms with Crippen LogP contribution < -0.4 is 80.6 Å². The molecule has 3 saturated heterocycles. The molecule has 129 heavy (non-hydrogen) atoms. The number of β-amino-alcohol motifs (C(OH)–C–C–N with tert-alkyl or cyclic N) is 2. The van der Waals surface area contributed by atoms with Gasteiger partial charge in [0.15, 0.2) is 0 Å². The second-order valence-electron chi connectivity index (χ2n) is 37.4. The predicted octanol–water partition coefficient (Wildman–Crippen LogP) is -3.11. The summed E-state index contributed by atoms with van der Waals surface area (Å²) in [5.41, 5.74) is 3.89. The van der Waals surface area contributed by atoms with Gasteiger partial charge in [-0.2, -0.15) is 0 Å². The second-order valence-corrected chi connectivity index (χ2v) is 37.4. The number of H-pyrrole nitrogens is 1. The average molecular weight is 1810 g/mol. The van der Waals surface area contributed by atoms with Crippen molar-refractivity contribution in [2.45, 2.75) is 314 Å². The van der Waals surface area contributed by atoms with E-state index >= 15 is 0 Å². The molecule has 41 heteroatoms. The molecule has 2 aromatic carbocycles. The third-order valence-corrected chi connectivity index (χ3v) is 23.1. The Kier molecular flexibility index (Phi) is 37.4. The summed E-state index contributed by atoms with van der Waals surface area (Å²) in [6.45, 7) is 24.2. The van der Waals surface area contributed by atoms with Gasteiger partial charge in [-0.3, -0.25) is 86.3 Å². The Morgan fingerprint density at radius 3 is 1.46 bits per heavy atom. The highest BCUT2D eigenvalue weighted by molar-refractivity contribution is 6.04. The van der Waals surface area contributed by atoms with E-state index in [1.807, 2.05) is 54.6 Å².